The minimum absolute atomic E-state index is 0.264. The molecule has 5 heteroatoms. The van der Waals surface area contributed by atoms with E-state index in [0.29, 0.717) is 6.07 Å². The molecule has 0 unspecified atom stereocenters. The summed E-state index contributed by atoms with van der Waals surface area (Å²) in [6.07, 6.45) is -5.06. The second-order valence-corrected chi connectivity index (χ2v) is 3.65. The van der Waals surface area contributed by atoms with E-state index in [2.05, 4.69) is 0 Å². The molecule has 0 N–H and O–H groups in total. The van der Waals surface area contributed by atoms with E-state index < -0.39 is 23.4 Å². The maximum absolute atomic E-state index is 13.8. The number of alkyl halides is 3. The van der Waals surface area contributed by atoms with Gasteiger partial charge in [-0.3, -0.25) is 0 Å². The fourth-order valence-corrected chi connectivity index (χ4v) is 1.65. The van der Waals surface area contributed by atoms with Crippen molar-refractivity contribution in [1.82, 2.24) is 0 Å². The highest BCUT2D eigenvalue weighted by atomic mass is 19.4. The Morgan fingerprint density at radius 3 is 1.94 bits per heavy atom. The molecule has 0 saturated heterocycles. The van der Waals surface area contributed by atoms with Crippen LogP contribution in [-0.2, 0) is 6.18 Å². The van der Waals surface area contributed by atoms with Crippen molar-refractivity contribution in [3.8, 4) is 11.1 Å². The Morgan fingerprint density at radius 1 is 0.778 bits per heavy atom. The van der Waals surface area contributed by atoms with E-state index in [0.717, 1.165) is 6.07 Å². The predicted molar refractivity (Wildman–Crippen MR) is 56.8 cm³/mol. The van der Waals surface area contributed by atoms with Gasteiger partial charge in [-0.15, -0.1) is 0 Å². The van der Waals surface area contributed by atoms with Crippen molar-refractivity contribution in [3.63, 3.8) is 0 Å². The van der Waals surface area contributed by atoms with Crippen LogP contribution in [0.25, 0.3) is 11.1 Å². The van der Waals surface area contributed by atoms with E-state index in [9.17, 15) is 22.0 Å². The molecule has 0 aliphatic heterocycles. The first kappa shape index (κ1) is 12.5. The molecule has 18 heavy (non-hydrogen) atoms. The molecule has 0 heterocycles. The Morgan fingerprint density at radius 2 is 1.39 bits per heavy atom. The summed E-state index contributed by atoms with van der Waals surface area (Å²) in [5, 5.41) is 0. The van der Waals surface area contributed by atoms with Gasteiger partial charge in [0.15, 0.2) is 0 Å². The quantitative estimate of drug-likeness (QED) is 0.653. The highest BCUT2D eigenvalue weighted by Crippen LogP contribution is 2.37. The maximum Gasteiger partial charge on any atom is 0.422 e. The van der Waals surface area contributed by atoms with Crippen molar-refractivity contribution in [2.45, 2.75) is 6.18 Å². The molecular formula is C13H7F5. The van der Waals surface area contributed by atoms with Gasteiger partial charge in [-0.05, 0) is 17.7 Å². The topological polar surface area (TPSA) is 0 Å². The van der Waals surface area contributed by atoms with Crippen LogP contribution in [0.1, 0.15) is 5.56 Å². The van der Waals surface area contributed by atoms with E-state index in [1.807, 2.05) is 0 Å². The first-order chi connectivity index (χ1) is 8.41. The third-order valence-corrected chi connectivity index (χ3v) is 2.46. The molecule has 0 amide bonds. The molecule has 2 rings (SSSR count). The summed E-state index contributed by atoms with van der Waals surface area (Å²) in [6, 6.07) is 9.29. The third-order valence-electron chi connectivity index (χ3n) is 2.46. The minimum Gasteiger partial charge on any atom is -0.206 e. The SMILES string of the molecule is Fc1ccc(-c2ccccc2)c(F)c1C(F)(F)F. The highest BCUT2D eigenvalue weighted by molar-refractivity contribution is 5.65. The van der Waals surface area contributed by atoms with Crippen LogP contribution >= 0.6 is 0 Å². The normalized spacial score (nSPS) is 11.6. The average molecular weight is 258 g/mol. The van der Waals surface area contributed by atoms with Gasteiger partial charge < -0.3 is 0 Å². The molecule has 0 atom stereocenters. The van der Waals surface area contributed by atoms with Gasteiger partial charge in [0.05, 0.1) is 0 Å². The Hall–Kier alpha value is -1.91. The molecule has 0 aromatic heterocycles. The van der Waals surface area contributed by atoms with E-state index in [-0.39, 0.29) is 11.1 Å². The van der Waals surface area contributed by atoms with Crippen LogP contribution in [0.2, 0.25) is 0 Å². The lowest BCUT2D eigenvalue weighted by Crippen LogP contribution is -2.12. The summed E-state index contributed by atoms with van der Waals surface area (Å²) in [6.45, 7) is 0. The smallest absolute Gasteiger partial charge is 0.206 e. The molecule has 0 bridgehead atoms. The fourth-order valence-electron chi connectivity index (χ4n) is 1.65. The summed E-state index contributed by atoms with van der Waals surface area (Å²) in [5.74, 6) is -3.20. The van der Waals surface area contributed by atoms with Crippen LogP contribution < -0.4 is 0 Å². The number of halogens is 5. The van der Waals surface area contributed by atoms with Gasteiger partial charge in [0.25, 0.3) is 0 Å². The van der Waals surface area contributed by atoms with Gasteiger partial charge in [0.1, 0.15) is 17.2 Å². The Labute approximate surface area is 99.7 Å². The molecule has 0 nitrogen and oxygen atoms in total. The molecule has 0 fully saturated rings. The highest BCUT2D eigenvalue weighted by Gasteiger charge is 2.38. The predicted octanol–water partition coefficient (Wildman–Crippen LogP) is 4.65. The Bertz CT molecular complexity index is 558. The van der Waals surface area contributed by atoms with Gasteiger partial charge >= 0.3 is 6.18 Å². The molecular weight excluding hydrogens is 251 g/mol. The minimum atomic E-state index is -5.06. The number of hydrogen-bond donors (Lipinski definition) is 0. The molecule has 0 spiro atoms. The zero-order valence-electron chi connectivity index (χ0n) is 8.93. The lowest BCUT2D eigenvalue weighted by molar-refractivity contribution is -0.142. The first-order valence-corrected chi connectivity index (χ1v) is 5.02. The van der Waals surface area contributed by atoms with Crippen molar-refractivity contribution in [1.29, 1.82) is 0 Å². The lowest BCUT2D eigenvalue weighted by atomic mass is 10.0. The summed E-state index contributed by atoms with van der Waals surface area (Å²) < 4.78 is 64.4. The monoisotopic (exact) mass is 258 g/mol. The molecule has 0 aliphatic rings. The molecule has 2 aromatic carbocycles. The van der Waals surface area contributed by atoms with Crippen molar-refractivity contribution in [2.24, 2.45) is 0 Å². The lowest BCUT2D eigenvalue weighted by Gasteiger charge is -2.12. The van der Waals surface area contributed by atoms with Crippen molar-refractivity contribution < 1.29 is 22.0 Å². The van der Waals surface area contributed by atoms with Gasteiger partial charge in [0.2, 0.25) is 0 Å². The standard InChI is InChI=1S/C13H7F5/c14-10-7-6-9(8-4-2-1-3-5-8)12(15)11(10)13(16,17)18/h1-7H. The van der Waals surface area contributed by atoms with E-state index in [1.165, 1.54) is 12.1 Å². The molecule has 94 valence electrons. The number of benzene rings is 2. The van der Waals surface area contributed by atoms with Crippen LogP contribution in [0.3, 0.4) is 0 Å². The zero-order valence-corrected chi connectivity index (χ0v) is 8.93. The van der Waals surface area contributed by atoms with E-state index in [4.69, 9.17) is 0 Å². The van der Waals surface area contributed by atoms with Gasteiger partial charge in [-0.1, -0.05) is 30.3 Å². The largest absolute Gasteiger partial charge is 0.422 e. The molecule has 2 aromatic rings. The summed E-state index contributed by atoms with van der Waals surface area (Å²) in [7, 11) is 0. The van der Waals surface area contributed by atoms with Crippen LogP contribution in [0, 0.1) is 11.6 Å². The summed E-state index contributed by atoms with van der Waals surface area (Å²) in [5.41, 5.74) is -1.87. The van der Waals surface area contributed by atoms with E-state index >= 15 is 0 Å². The average Bonchev–Trinajstić information content (AvgIpc) is 2.28. The first-order valence-electron chi connectivity index (χ1n) is 5.02. The Kier molecular flexibility index (Phi) is 3.07. The van der Waals surface area contributed by atoms with Gasteiger partial charge in [-0.25, -0.2) is 8.78 Å². The van der Waals surface area contributed by atoms with Crippen molar-refractivity contribution in [2.75, 3.05) is 0 Å². The van der Waals surface area contributed by atoms with Crippen LogP contribution in [0.15, 0.2) is 42.5 Å². The second kappa shape index (κ2) is 4.40. The van der Waals surface area contributed by atoms with Crippen molar-refractivity contribution >= 4 is 0 Å². The van der Waals surface area contributed by atoms with Gasteiger partial charge in [0, 0.05) is 5.56 Å². The number of rotatable bonds is 1. The zero-order chi connectivity index (χ0) is 13.3. The third kappa shape index (κ3) is 2.20. The van der Waals surface area contributed by atoms with Gasteiger partial charge in [-0.2, -0.15) is 13.2 Å². The van der Waals surface area contributed by atoms with Crippen LogP contribution in [0.4, 0.5) is 22.0 Å². The number of hydrogen-bond acceptors (Lipinski definition) is 0. The van der Waals surface area contributed by atoms with Crippen LogP contribution in [0.5, 0.6) is 0 Å². The molecule has 0 radical (unpaired) electrons. The molecule has 0 aliphatic carbocycles. The Balaban J connectivity index is 2.66. The van der Waals surface area contributed by atoms with E-state index in [1.54, 1.807) is 18.2 Å². The second-order valence-electron chi connectivity index (χ2n) is 3.65. The van der Waals surface area contributed by atoms with Crippen LogP contribution in [-0.4, -0.2) is 0 Å². The molecule has 0 saturated carbocycles. The summed E-state index contributed by atoms with van der Waals surface area (Å²) in [4.78, 5) is 0. The van der Waals surface area contributed by atoms with Crippen molar-refractivity contribution in [3.05, 3.63) is 59.7 Å². The fraction of sp³-hybridized carbons (Fsp3) is 0.0769. The maximum atomic E-state index is 13.8. The summed E-state index contributed by atoms with van der Waals surface area (Å²) >= 11 is 0.